The SMILES string of the molecule is CC(=O)Nc1nc(C)c(S(=O)(=O)NCc2scc3c2CN(C2CCC(=O)NC2=O)C3=O)s1. The zero-order valence-electron chi connectivity index (χ0n) is 17.1. The highest BCUT2D eigenvalue weighted by atomic mass is 32.2. The number of carbonyl (C=O) groups is 4. The molecule has 0 radical (unpaired) electrons. The normalized spacial score (nSPS) is 18.6. The number of anilines is 1. The highest BCUT2D eigenvalue weighted by molar-refractivity contribution is 7.91. The molecule has 1 saturated heterocycles. The Hall–Kier alpha value is -2.68. The Labute approximate surface area is 191 Å². The number of rotatable bonds is 6. The molecule has 3 N–H and O–H groups in total. The second-order valence-corrected chi connectivity index (χ2v) is 11.3. The van der Waals surface area contributed by atoms with Gasteiger partial charge in [0, 0.05) is 36.7 Å². The number of aryl methyl sites for hydroxylation is 1. The molecule has 4 heterocycles. The van der Waals surface area contributed by atoms with E-state index in [-0.39, 0.29) is 58.7 Å². The van der Waals surface area contributed by atoms with Gasteiger partial charge in [-0.25, -0.2) is 18.1 Å². The number of fused-ring (bicyclic) bond motifs is 1. The predicted octanol–water partition coefficient (Wildman–Crippen LogP) is 0.711. The summed E-state index contributed by atoms with van der Waals surface area (Å²) < 4.78 is 28.1. The van der Waals surface area contributed by atoms with Gasteiger partial charge in [0.25, 0.3) is 15.9 Å². The van der Waals surface area contributed by atoms with E-state index in [1.165, 1.54) is 30.1 Å². The molecule has 2 aromatic heterocycles. The number of nitrogens with one attached hydrogen (secondary N) is 3. The highest BCUT2D eigenvalue weighted by Gasteiger charge is 2.40. The van der Waals surface area contributed by atoms with Gasteiger partial charge in [-0.3, -0.25) is 24.5 Å². The Morgan fingerprint density at radius 2 is 2.09 bits per heavy atom. The van der Waals surface area contributed by atoms with Crippen LogP contribution in [0.1, 0.15) is 46.3 Å². The highest BCUT2D eigenvalue weighted by Crippen LogP contribution is 2.34. The smallest absolute Gasteiger partial charge is 0.256 e. The van der Waals surface area contributed by atoms with E-state index in [9.17, 15) is 27.6 Å². The molecule has 1 atom stereocenters. The zero-order chi connectivity index (χ0) is 23.2. The second kappa shape index (κ2) is 8.35. The maximum Gasteiger partial charge on any atom is 0.256 e. The maximum absolute atomic E-state index is 12.8. The van der Waals surface area contributed by atoms with Gasteiger partial charge in [-0.2, -0.15) is 0 Å². The topological polar surface area (TPSA) is 155 Å². The minimum Gasteiger partial charge on any atom is -0.322 e. The third kappa shape index (κ3) is 4.18. The number of aromatic nitrogens is 1. The van der Waals surface area contributed by atoms with E-state index < -0.39 is 22.0 Å². The molecule has 11 nitrogen and oxygen atoms in total. The summed E-state index contributed by atoms with van der Waals surface area (Å²) in [6, 6.07) is -0.728. The van der Waals surface area contributed by atoms with Gasteiger partial charge in [0.15, 0.2) is 9.34 Å². The van der Waals surface area contributed by atoms with E-state index in [0.29, 0.717) is 16.0 Å². The minimum absolute atomic E-state index is 0.00398. The molecular weight excluding hydrogens is 478 g/mol. The average Bonchev–Trinajstić information content (AvgIpc) is 3.35. The summed E-state index contributed by atoms with van der Waals surface area (Å²) >= 11 is 2.11. The summed E-state index contributed by atoms with van der Waals surface area (Å²) in [5.41, 5.74) is 1.38. The van der Waals surface area contributed by atoms with Crippen LogP contribution in [0, 0.1) is 6.92 Å². The largest absolute Gasteiger partial charge is 0.322 e. The fraction of sp³-hybridized carbons (Fsp3) is 0.389. The van der Waals surface area contributed by atoms with Gasteiger partial charge in [0.05, 0.1) is 11.3 Å². The molecule has 14 heteroatoms. The van der Waals surface area contributed by atoms with Crippen LogP contribution in [0.4, 0.5) is 5.13 Å². The molecule has 0 spiro atoms. The Bertz CT molecular complexity index is 1250. The van der Waals surface area contributed by atoms with E-state index in [2.05, 4.69) is 20.3 Å². The summed E-state index contributed by atoms with van der Waals surface area (Å²) in [6.07, 6.45) is 0.418. The third-order valence-electron chi connectivity index (χ3n) is 5.09. The van der Waals surface area contributed by atoms with Gasteiger partial charge in [-0.15, -0.1) is 11.3 Å². The lowest BCUT2D eigenvalue weighted by molar-refractivity contribution is -0.137. The lowest BCUT2D eigenvalue weighted by atomic mass is 10.0. The standard InChI is InChI=1S/C18H19N5O6S3/c1-8-17(31-18(20-8)21-9(2)24)32(28,29)19-5-13-10-6-23(16(27)11(10)7-30-13)12-3-4-14(25)22-15(12)26/h7,12,19H,3-6H2,1-2H3,(H,20,21,24)(H,22,25,26). The Morgan fingerprint density at radius 3 is 2.78 bits per heavy atom. The van der Waals surface area contributed by atoms with E-state index in [1.807, 2.05) is 0 Å². The number of thiazole rings is 1. The maximum atomic E-state index is 12.8. The number of imide groups is 1. The van der Waals surface area contributed by atoms with E-state index in [4.69, 9.17) is 0 Å². The van der Waals surface area contributed by atoms with Crippen molar-refractivity contribution in [1.29, 1.82) is 0 Å². The first-order valence-electron chi connectivity index (χ1n) is 9.55. The Kier molecular flexibility index (Phi) is 5.87. The molecule has 1 fully saturated rings. The van der Waals surface area contributed by atoms with Crippen LogP contribution in [0.2, 0.25) is 0 Å². The van der Waals surface area contributed by atoms with Crippen molar-refractivity contribution in [3.63, 3.8) is 0 Å². The van der Waals surface area contributed by atoms with Crippen LogP contribution in [0.3, 0.4) is 0 Å². The summed E-state index contributed by atoms with van der Waals surface area (Å²) in [5, 5.41) is 6.57. The monoisotopic (exact) mass is 497 g/mol. The molecule has 0 aliphatic carbocycles. The lowest BCUT2D eigenvalue weighted by Crippen LogP contribution is -2.52. The van der Waals surface area contributed by atoms with Crippen LogP contribution in [-0.2, 0) is 37.5 Å². The first kappa shape index (κ1) is 22.5. The van der Waals surface area contributed by atoms with Crippen LogP contribution in [0.5, 0.6) is 0 Å². The number of hydrogen-bond acceptors (Lipinski definition) is 9. The molecule has 0 aromatic carbocycles. The van der Waals surface area contributed by atoms with Crippen LogP contribution in [0.15, 0.2) is 9.59 Å². The van der Waals surface area contributed by atoms with E-state index in [0.717, 1.165) is 11.3 Å². The van der Waals surface area contributed by atoms with Gasteiger partial charge < -0.3 is 10.2 Å². The first-order valence-corrected chi connectivity index (χ1v) is 12.7. The van der Waals surface area contributed by atoms with Crippen molar-refractivity contribution < 1.29 is 27.6 Å². The number of nitrogens with zero attached hydrogens (tertiary/aromatic N) is 2. The van der Waals surface area contributed by atoms with Crippen molar-refractivity contribution in [3.8, 4) is 0 Å². The second-order valence-electron chi connectivity index (χ2n) is 7.35. The van der Waals surface area contributed by atoms with Crippen LogP contribution in [0.25, 0.3) is 0 Å². The number of hydrogen-bond donors (Lipinski definition) is 3. The van der Waals surface area contributed by atoms with Gasteiger partial charge in [0.1, 0.15) is 6.04 Å². The van der Waals surface area contributed by atoms with Crippen molar-refractivity contribution in [1.82, 2.24) is 19.9 Å². The first-order chi connectivity index (χ1) is 15.1. The van der Waals surface area contributed by atoms with Crippen LogP contribution >= 0.6 is 22.7 Å². The van der Waals surface area contributed by atoms with Crippen molar-refractivity contribution >= 4 is 61.5 Å². The molecule has 170 valence electrons. The Morgan fingerprint density at radius 1 is 1.34 bits per heavy atom. The van der Waals surface area contributed by atoms with Gasteiger partial charge in [-0.05, 0) is 18.9 Å². The average molecular weight is 498 g/mol. The molecular formula is C18H19N5O6S3. The van der Waals surface area contributed by atoms with Crippen molar-refractivity contribution in [2.24, 2.45) is 0 Å². The van der Waals surface area contributed by atoms with E-state index in [1.54, 1.807) is 5.38 Å². The molecule has 4 amide bonds. The number of piperidine rings is 1. The molecule has 2 aromatic rings. The van der Waals surface area contributed by atoms with Gasteiger partial charge in [-0.1, -0.05) is 11.3 Å². The number of carbonyl (C=O) groups excluding carboxylic acids is 4. The van der Waals surface area contributed by atoms with Crippen LogP contribution < -0.4 is 15.4 Å². The number of amides is 4. The molecule has 4 rings (SSSR count). The molecule has 2 aliphatic heterocycles. The Balaban J connectivity index is 1.48. The molecule has 0 saturated carbocycles. The zero-order valence-corrected chi connectivity index (χ0v) is 19.5. The van der Waals surface area contributed by atoms with Gasteiger partial charge in [0.2, 0.25) is 17.7 Å². The van der Waals surface area contributed by atoms with Crippen molar-refractivity contribution in [2.75, 3.05) is 5.32 Å². The van der Waals surface area contributed by atoms with E-state index >= 15 is 0 Å². The molecule has 32 heavy (non-hydrogen) atoms. The summed E-state index contributed by atoms with van der Waals surface area (Å²) in [4.78, 5) is 53.7. The number of sulfonamides is 1. The predicted molar refractivity (Wildman–Crippen MR) is 116 cm³/mol. The quantitative estimate of drug-likeness (QED) is 0.497. The van der Waals surface area contributed by atoms with Gasteiger partial charge >= 0.3 is 0 Å². The van der Waals surface area contributed by atoms with Crippen LogP contribution in [-0.4, -0.2) is 48.0 Å². The lowest BCUT2D eigenvalue weighted by Gasteiger charge is -2.29. The summed E-state index contributed by atoms with van der Waals surface area (Å²) in [6.45, 7) is 2.98. The molecule has 0 bridgehead atoms. The summed E-state index contributed by atoms with van der Waals surface area (Å²) in [7, 11) is -3.90. The molecule has 2 aliphatic rings. The van der Waals surface area contributed by atoms with Crippen molar-refractivity contribution in [3.05, 3.63) is 27.1 Å². The third-order valence-corrected chi connectivity index (χ3v) is 9.20. The fourth-order valence-electron chi connectivity index (χ4n) is 3.61. The minimum atomic E-state index is -3.90. The fourth-order valence-corrected chi connectivity index (χ4v) is 7.18. The number of thiophene rings is 1. The van der Waals surface area contributed by atoms with Crippen molar-refractivity contribution in [2.45, 2.75) is 50.0 Å². The summed E-state index contributed by atoms with van der Waals surface area (Å²) in [5.74, 6) is -1.52. The molecule has 1 unspecified atom stereocenters.